The van der Waals surface area contributed by atoms with Gasteiger partial charge in [-0.1, -0.05) is 0 Å². The van der Waals surface area contributed by atoms with Crippen LogP contribution in [-0.2, 0) is 6.54 Å². The van der Waals surface area contributed by atoms with Gasteiger partial charge in [-0.2, -0.15) is 0 Å². The Kier molecular flexibility index (Phi) is 3.77. The zero-order valence-corrected chi connectivity index (χ0v) is 10.5. The highest BCUT2D eigenvalue weighted by Gasteiger charge is 2.06. The predicted molar refractivity (Wildman–Crippen MR) is 69.1 cm³/mol. The van der Waals surface area contributed by atoms with Gasteiger partial charge in [0.15, 0.2) is 16.7 Å². The number of thiazole rings is 1. The van der Waals surface area contributed by atoms with Crippen molar-refractivity contribution in [2.24, 2.45) is 4.99 Å². The van der Waals surface area contributed by atoms with Crippen molar-refractivity contribution in [1.82, 2.24) is 15.6 Å². The van der Waals surface area contributed by atoms with Crippen molar-refractivity contribution in [2.45, 2.75) is 6.54 Å². The molecule has 2 rings (SSSR count). The highest BCUT2D eigenvalue weighted by Crippen LogP contribution is 2.23. The van der Waals surface area contributed by atoms with Crippen molar-refractivity contribution in [3.63, 3.8) is 0 Å². The highest BCUT2D eigenvalue weighted by molar-refractivity contribution is 7.13. The minimum Gasteiger partial charge on any atom is -0.462 e. The van der Waals surface area contributed by atoms with Crippen LogP contribution in [0.25, 0.3) is 10.8 Å². The van der Waals surface area contributed by atoms with Crippen LogP contribution in [0.4, 0.5) is 0 Å². The summed E-state index contributed by atoms with van der Waals surface area (Å²) in [7, 11) is 3.55. The lowest BCUT2D eigenvalue weighted by molar-refractivity contribution is 0.581. The molecule has 2 aromatic rings. The Bertz CT molecular complexity index is 489. The van der Waals surface area contributed by atoms with Crippen LogP contribution in [0, 0.1) is 0 Å². The molecule has 0 bridgehead atoms. The van der Waals surface area contributed by atoms with Crippen LogP contribution in [0.2, 0.25) is 0 Å². The fourth-order valence-electron chi connectivity index (χ4n) is 1.36. The van der Waals surface area contributed by atoms with Crippen LogP contribution < -0.4 is 10.6 Å². The van der Waals surface area contributed by atoms with E-state index in [0.29, 0.717) is 6.54 Å². The van der Waals surface area contributed by atoms with E-state index in [0.717, 1.165) is 22.4 Å². The Balaban J connectivity index is 2.00. The number of aromatic nitrogens is 1. The second kappa shape index (κ2) is 5.49. The topological polar surface area (TPSA) is 62.5 Å². The van der Waals surface area contributed by atoms with Crippen molar-refractivity contribution in [3.05, 3.63) is 29.5 Å². The first-order chi connectivity index (χ1) is 8.33. The lowest BCUT2D eigenvalue weighted by atomic mass is 10.4. The maximum atomic E-state index is 5.29. The summed E-state index contributed by atoms with van der Waals surface area (Å²) >= 11 is 1.57. The fourth-order valence-corrected chi connectivity index (χ4v) is 2.14. The van der Waals surface area contributed by atoms with E-state index in [4.69, 9.17) is 4.42 Å². The van der Waals surface area contributed by atoms with Crippen LogP contribution in [0.15, 0.2) is 33.2 Å². The first kappa shape index (κ1) is 11.7. The molecule has 0 aromatic carbocycles. The second-order valence-electron chi connectivity index (χ2n) is 3.30. The van der Waals surface area contributed by atoms with E-state index >= 15 is 0 Å². The van der Waals surface area contributed by atoms with Gasteiger partial charge in [0, 0.05) is 19.5 Å². The van der Waals surface area contributed by atoms with E-state index < -0.39 is 0 Å². The average Bonchev–Trinajstić information content (AvgIpc) is 3.01. The molecular weight excluding hydrogens is 236 g/mol. The van der Waals surface area contributed by atoms with Gasteiger partial charge in [-0.25, -0.2) is 4.98 Å². The zero-order chi connectivity index (χ0) is 12.1. The molecule has 5 nitrogen and oxygen atoms in total. The van der Waals surface area contributed by atoms with Crippen LogP contribution in [0.5, 0.6) is 0 Å². The summed E-state index contributed by atoms with van der Waals surface area (Å²) in [6.07, 6.45) is 1.65. The van der Waals surface area contributed by atoms with Gasteiger partial charge in [0.2, 0.25) is 0 Å². The Morgan fingerprint density at radius 1 is 1.59 bits per heavy atom. The van der Waals surface area contributed by atoms with Gasteiger partial charge in [-0.05, 0) is 12.1 Å². The number of hydrogen-bond acceptors (Lipinski definition) is 4. The molecule has 0 amide bonds. The summed E-state index contributed by atoms with van der Waals surface area (Å²) in [6.45, 7) is 0.644. The molecular formula is C11H14N4OS. The predicted octanol–water partition coefficient (Wildman–Crippen LogP) is 1.70. The Morgan fingerprint density at radius 2 is 2.47 bits per heavy atom. The van der Waals surface area contributed by atoms with E-state index in [-0.39, 0.29) is 0 Å². The second-order valence-corrected chi connectivity index (χ2v) is 4.16. The third kappa shape index (κ3) is 2.85. The molecule has 2 N–H and O–H groups in total. The standard InChI is InChI=1S/C11H14N4OS/c1-12-11(13-2)14-6-8-7-17-10(15-8)9-4-3-5-16-9/h3-5,7H,6H2,1-2H3,(H2,12,13,14). The van der Waals surface area contributed by atoms with Gasteiger partial charge in [-0.15, -0.1) is 11.3 Å². The normalized spacial score (nSPS) is 11.5. The zero-order valence-electron chi connectivity index (χ0n) is 9.73. The van der Waals surface area contributed by atoms with Gasteiger partial charge in [0.05, 0.1) is 18.5 Å². The molecule has 2 heterocycles. The van der Waals surface area contributed by atoms with E-state index in [2.05, 4.69) is 20.6 Å². The molecule has 6 heteroatoms. The summed E-state index contributed by atoms with van der Waals surface area (Å²) in [4.78, 5) is 8.50. The molecule has 0 saturated heterocycles. The Labute approximate surface area is 104 Å². The Hall–Kier alpha value is -1.82. The number of guanidine groups is 1. The SMILES string of the molecule is CN=C(NC)NCc1csc(-c2ccco2)n1. The quantitative estimate of drug-likeness (QED) is 0.643. The van der Waals surface area contributed by atoms with Gasteiger partial charge >= 0.3 is 0 Å². The van der Waals surface area contributed by atoms with Crippen LogP contribution >= 0.6 is 11.3 Å². The fraction of sp³-hybridized carbons (Fsp3) is 0.273. The first-order valence-corrected chi connectivity index (χ1v) is 6.08. The summed E-state index contributed by atoms with van der Waals surface area (Å²) in [6, 6.07) is 3.76. The van der Waals surface area contributed by atoms with Crippen molar-refractivity contribution in [1.29, 1.82) is 0 Å². The number of furan rings is 1. The smallest absolute Gasteiger partial charge is 0.191 e. The largest absolute Gasteiger partial charge is 0.462 e. The molecule has 0 atom stereocenters. The van der Waals surface area contributed by atoms with Crippen LogP contribution in [-0.4, -0.2) is 25.0 Å². The molecule has 0 saturated carbocycles. The lowest BCUT2D eigenvalue weighted by Crippen LogP contribution is -2.34. The number of hydrogen-bond donors (Lipinski definition) is 2. The van der Waals surface area contributed by atoms with Crippen molar-refractivity contribution < 1.29 is 4.42 Å². The number of aliphatic imine (C=N–C) groups is 1. The van der Waals surface area contributed by atoms with Crippen LogP contribution in [0.3, 0.4) is 0 Å². The van der Waals surface area contributed by atoms with Gasteiger partial charge in [0.1, 0.15) is 0 Å². The van der Waals surface area contributed by atoms with E-state index in [9.17, 15) is 0 Å². The Morgan fingerprint density at radius 3 is 3.12 bits per heavy atom. The highest BCUT2D eigenvalue weighted by atomic mass is 32.1. The molecule has 0 radical (unpaired) electrons. The van der Waals surface area contributed by atoms with Gasteiger partial charge in [0.25, 0.3) is 0 Å². The molecule has 0 fully saturated rings. The van der Waals surface area contributed by atoms with Crippen molar-refractivity contribution in [3.8, 4) is 10.8 Å². The average molecular weight is 250 g/mol. The molecule has 17 heavy (non-hydrogen) atoms. The molecule has 0 spiro atoms. The molecule has 0 aliphatic heterocycles. The maximum absolute atomic E-state index is 5.29. The summed E-state index contributed by atoms with van der Waals surface area (Å²) in [5.74, 6) is 1.55. The molecule has 0 unspecified atom stereocenters. The summed E-state index contributed by atoms with van der Waals surface area (Å²) < 4.78 is 5.29. The number of nitrogens with zero attached hydrogens (tertiary/aromatic N) is 2. The van der Waals surface area contributed by atoms with Crippen molar-refractivity contribution >= 4 is 17.3 Å². The van der Waals surface area contributed by atoms with Crippen molar-refractivity contribution in [2.75, 3.05) is 14.1 Å². The molecule has 0 aliphatic carbocycles. The summed E-state index contributed by atoms with van der Waals surface area (Å²) in [5.41, 5.74) is 0.970. The number of rotatable bonds is 3. The first-order valence-electron chi connectivity index (χ1n) is 5.20. The van der Waals surface area contributed by atoms with Gasteiger partial charge < -0.3 is 15.1 Å². The third-order valence-corrected chi connectivity index (χ3v) is 3.09. The van der Waals surface area contributed by atoms with Crippen LogP contribution in [0.1, 0.15) is 5.69 Å². The summed E-state index contributed by atoms with van der Waals surface area (Å²) in [5, 5.41) is 9.00. The lowest BCUT2D eigenvalue weighted by Gasteiger charge is -2.05. The number of nitrogens with one attached hydrogen (secondary N) is 2. The van der Waals surface area contributed by atoms with E-state index in [1.165, 1.54) is 0 Å². The third-order valence-electron chi connectivity index (χ3n) is 2.18. The monoisotopic (exact) mass is 250 g/mol. The maximum Gasteiger partial charge on any atom is 0.191 e. The molecule has 2 aromatic heterocycles. The minimum absolute atomic E-state index is 0.644. The van der Waals surface area contributed by atoms with Gasteiger partial charge in [-0.3, -0.25) is 4.99 Å². The molecule has 0 aliphatic rings. The molecule has 90 valence electrons. The minimum atomic E-state index is 0.644. The van der Waals surface area contributed by atoms with E-state index in [1.807, 2.05) is 24.6 Å². The van der Waals surface area contributed by atoms with E-state index in [1.54, 1.807) is 24.6 Å².